The van der Waals surface area contributed by atoms with Gasteiger partial charge in [-0.1, -0.05) is 6.92 Å². The Morgan fingerprint density at radius 1 is 0.667 bits per heavy atom. The van der Waals surface area contributed by atoms with Crippen molar-refractivity contribution in [1.82, 2.24) is 19.6 Å². The molecule has 0 aromatic carbocycles. The van der Waals surface area contributed by atoms with Crippen molar-refractivity contribution in [2.75, 3.05) is 72.0 Å². The summed E-state index contributed by atoms with van der Waals surface area (Å²) in [5.74, 6) is -5.79. The molecule has 0 saturated carbocycles. The molecule has 6 N–H and O–H groups in total. The summed E-state index contributed by atoms with van der Waals surface area (Å²) < 4.78 is 0. The molecule has 1 amide bonds. The summed E-state index contributed by atoms with van der Waals surface area (Å²) in [6.45, 7) is 1.36. The van der Waals surface area contributed by atoms with Gasteiger partial charge in [-0.3, -0.25) is 38.8 Å². The second kappa shape index (κ2) is 13.0. The minimum atomic E-state index is -2.04. The van der Waals surface area contributed by atoms with Gasteiger partial charge >= 0.3 is 23.9 Å². The summed E-state index contributed by atoms with van der Waals surface area (Å²) in [5, 5.41) is 37.5. The van der Waals surface area contributed by atoms with Crippen molar-refractivity contribution in [2.24, 2.45) is 5.73 Å². The molecule has 1 fully saturated rings. The molecule has 1 heterocycles. The third-order valence-corrected chi connectivity index (χ3v) is 5.73. The number of carbonyl (C=O) groups is 5. The highest BCUT2D eigenvalue weighted by atomic mass is 16.4. The maximum Gasteiger partial charge on any atom is 0.333 e. The first-order chi connectivity index (χ1) is 15.4. The lowest BCUT2D eigenvalue weighted by molar-refractivity contribution is -0.159. The van der Waals surface area contributed by atoms with E-state index in [4.69, 9.17) is 10.8 Å². The molecule has 0 aromatic rings. The minimum Gasteiger partial charge on any atom is -0.480 e. The van der Waals surface area contributed by atoms with Gasteiger partial charge in [-0.25, -0.2) is 4.79 Å². The molecule has 1 unspecified atom stereocenters. The predicted octanol–water partition coefficient (Wildman–Crippen LogP) is -2.82. The lowest BCUT2D eigenvalue weighted by atomic mass is 9.92. The van der Waals surface area contributed by atoms with E-state index in [-0.39, 0.29) is 78.4 Å². The van der Waals surface area contributed by atoms with Gasteiger partial charge in [0.05, 0.1) is 19.6 Å². The molecule has 1 atom stereocenters. The van der Waals surface area contributed by atoms with Gasteiger partial charge in [-0.15, -0.1) is 0 Å². The topological polar surface area (TPSA) is 205 Å². The van der Waals surface area contributed by atoms with E-state index in [1.165, 1.54) is 21.6 Å². The van der Waals surface area contributed by atoms with Crippen LogP contribution in [-0.2, 0) is 24.0 Å². The molecule has 1 aliphatic heterocycles. The maximum atomic E-state index is 12.3. The molecule has 188 valence electrons. The lowest BCUT2D eigenvalue weighted by Crippen LogP contribution is -2.65. The molecule has 14 heteroatoms. The van der Waals surface area contributed by atoms with Crippen molar-refractivity contribution in [2.45, 2.75) is 18.9 Å². The Kier molecular flexibility index (Phi) is 11.1. The van der Waals surface area contributed by atoms with Crippen LogP contribution in [0, 0.1) is 0 Å². The van der Waals surface area contributed by atoms with Gasteiger partial charge in [0.1, 0.15) is 0 Å². The van der Waals surface area contributed by atoms with Crippen LogP contribution in [0.15, 0.2) is 0 Å². The zero-order valence-electron chi connectivity index (χ0n) is 18.7. The van der Waals surface area contributed by atoms with Crippen LogP contribution in [0.2, 0.25) is 0 Å². The molecular formula is C19H33N5O9. The van der Waals surface area contributed by atoms with Gasteiger partial charge in [0.15, 0.2) is 5.54 Å². The van der Waals surface area contributed by atoms with E-state index in [9.17, 15) is 39.3 Å². The van der Waals surface area contributed by atoms with Crippen LogP contribution in [0.5, 0.6) is 0 Å². The third kappa shape index (κ3) is 8.57. The highest BCUT2D eigenvalue weighted by Gasteiger charge is 2.48. The first-order valence-electron chi connectivity index (χ1n) is 10.5. The van der Waals surface area contributed by atoms with E-state index >= 15 is 0 Å². The average Bonchev–Trinajstić information content (AvgIpc) is 2.68. The van der Waals surface area contributed by atoms with Crippen LogP contribution >= 0.6 is 0 Å². The Morgan fingerprint density at radius 3 is 1.18 bits per heavy atom. The third-order valence-electron chi connectivity index (χ3n) is 5.73. The van der Waals surface area contributed by atoms with E-state index in [1.54, 1.807) is 4.90 Å². The lowest BCUT2D eigenvalue weighted by Gasteiger charge is -2.40. The molecule has 0 aliphatic carbocycles. The number of rotatable bonds is 10. The molecular weight excluding hydrogens is 442 g/mol. The molecule has 1 aliphatic rings. The van der Waals surface area contributed by atoms with Gasteiger partial charge in [0, 0.05) is 52.4 Å². The fraction of sp³-hybridized carbons (Fsp3) is 0.737. The number of hydrogen-bond donors (Lipinski definition) is 5. The molecule has 14 nitrogen and oxygen atoms in total. The Bertz CT molecular complexity index is 686. The average molecular weight is 475 g/mol. The molecule has 33 heavy (non-hydrogen) atoms. The zero-order chi connectivity index (χ0) is 25.2. The SMILES string of the molecule is CCC(C(N)=O)(C(=O)O)N1CCN(CC(=O)O)CCN(CC(=O)O)CCN(CC(=O)O)CC1. The predicted molar refractivity (Wildman–Crippen MR) is 114 cm³/mol. The largest absolute Gasteiger partial charge is 0.480 e. The van der Waals surface area contributed by atoms with Crippen molar-refractivity contribution < 1.29 is 44.4 Å². The summed E-state index contributed by atoms with van der Waals surface area (Å²) in [4.78, 5) is 64.2. The van der Waals surface area contributed by atoms with Crippen molar-refractivity contribution in [3.63, 3.8) is 0 Å². The first kappa shape index (κ1) is 28.2. The second-order valence-corrected chi connectivity index (χ2v) is 7.88. The number of hydrogen-bond acceptors (Lipinski definition) is 9. The monoisotopic (exact) mass is 475 g/mol. The number of carbonyl (C=O) groups excluding carboxylic acids is 1. The summed E-state index contributed by atoms with van der Waals surface area (Å²) in [5.41, 5.74) is 3.45. The summed E-state index contributed by atoms with van der Waals surface area (Å²) in [6, 6.07) is 0. The molecule has 0 aromatic heterocycles. The van der Waals surface area contributed by atoms with Gasteiger partial charge in [0.2, 0.25) is 5.91 Å². The van der Waals surface area contributed by atoms with Crippen LogP contribution in [-0.4, -0.2) is 147 Å². The van der Waals surface area contributed by atoms with Crippen molar-refractivity contribution >= 4 is 29.8 Å². The Labute approximate surface area is 191 Å². The number of nitrogens with zero attached hydrogens (tertiary/aromatic N) is 4. The van der Waals surface area contributed by atoms with Crippen molar-refractivity contribution in [3.8, 4) is 0 Å². The van der Waals surface area contributed by atoms with Gasteiger partial charge in [0.25, 0.3) is 0 Å². The Hall–Kier alpha value is -2.81. The van der Waals surface area contributed by atoms with E-state index in [0.717, 1.165) is 0 Å². The second-order valence-electron chi connectivity index (χ2n) is 7.88. The summed E-state index contributed by atoms with van der Waals surface area (Å²) in [6.07, 6.45) is -0.137. The Morgan fingerprint density at radius 2 is 0.970 bits per heavy atom. The smallest absolute Gasteiger partial charge is 0.333 e. The number of aliphatic carboxylic acids is 4. The van der Waals surface area contributed by atoms with E-state index in [0.29, 0.717) is 0 Å². The zero-order valence-corrected chi connectivity index (χ0v) is 18.7. The van der Waals surface area contributed by atoms with Crippen molar-refractivity contribution in [1.29, 1.82) is 0 Å². The first-order valence-corrected chi connectivity index (χ1v) is 10.5. The highest BCUT2D eigenvalue weighted by molar-refractivity contribution is 6.05. The van der Waals surface area contributed by atoms with Gasteiger partial charge < -0.3 is 26.2 Å². The van der Waals surface area contributed by atoms with Crippen LogP contribution in [0.4, 0.5) is 0 Å². The number of amides is 1. The number of primary amides is 1. The number of carboxylic acids is 4. The molecule has 0 spiro atoms. The van der Waals surface area contributed by atoms with Crippen LogP contribution < -0.4 is 5.73 Å². The summed E-state index contributed by atoms with van der Waals surface area (Å²) in [7, 11) is 0. The molecule has 0 radical (unpaired) electrons. The molecule has 0 bridgehead atoms. The minimum absolute atomic E-state index is 0.0177. The fourth-order valence-electron chi connectivity index (χ4n) is 3.91. The molecule has 1 saturated heterocycles. The van der Waals surface area contributed by atoms with Crippen molar-refractivity contribution in [3.05, 3.63) is 0 Å². The Balaban J connectivity index is 3.28. The van der Waals surface area contributed by atoms with Gasteiger partial charge in [-0.2, -0.15) is 0 Å². The fourth-order valence-corrected chi connectivity index (χ4v) is 3.91. The van der Waals surface area contributed by atoms with Crippen LogP contribution in [0.25, 0.3) is 0 Å². The van der Waals surface area contributed by atoms with Gasteiger partial charge in [-0.05, 0) is 6.42 Å². The number of carboxylic acid groups (broad SMARTS) is 4. The van der Waals surface area contributed by atoms with E-state index in [2.05, 4.69) is 0 Å². The summed E-state index contributed by atoms with van der Waals surface area (Å²) >= 11 is 0. The quantitative estimate of drug-likeness (QED) is 0.202. The maximum absolute atomic E-state index is 12.3. The molecule has 1 rings (SSSR count). The van der Waals surface area contributed by atoms with Crippen LogP contribution in [0.3, 0.4) is 0 Å². The van der Waals surface area contributed by atoms with E-state index in [1.807, 2.05) is 0 Å². The van der Waals surface area contributed by atoms with E-state index < -0.39 is 35.3 Å². The van der Waals surface area contributed by atoms with Crippen LogP contribution in [0.1, 0.15) is 13.3 Å². The number of nitrogens with two attached hydrogens (primary N) is 1. The normalized spacial score (nSPS) is 20.2. The standard InChI is InChI=1S/C19H33N5O9/c1-2-19(17(20)31,18(32)33)24-9-7-22(12-15(27)28)5-3-21(11-14(25)26)4-6-23(8-10-24)13-16(29)30/h2-13H2,1H3,(H2,20,31)(H,25,26)(H,27,28)(H,29,30)(H,32,33). The highest BCUT2D eigenvalue weighted by Crippen LogP contribution is 2.21.